The Morgan fingerprint density at radius 2 is 2.13 bits per heavy atom. The topological polar surface area (TPSA) is 58.6 Å². The molecule has 0 radical (unpaired) electrons. The van der Waals surface area contributed by atoms with Gasteiger partial charge in [-0.3, -0.25) is 4.90 Å². The van der Waals surface area contributed by atoms with Gasteiger partial charge in [0.15, 0.2) is 0 Å². The van der Waals surface area contributed by atoms with Gasteiger partial charge < -0.3 is 4.74 Å². The van der Waals surface area contributed by atoms with E-state index in [-0.39, 0.29) is 18.2 Å². The van der Waals surface area contributed by atoms with E-state index in [0.29, 0.717) is 25.3 Å². The largest absolute Gasteiger partial charge is 0.374 e. The lowest BCUT2D eigenvalue weighted by atomic mass is 10.2. The zero-order chi connectivity index (χ0) is 16.6. The first-order valence-corrected chi connectivity index (χ1v) is 9.16. The molecule has 128 valence electrons. The molecule has 1 aromatic carbocycles. The van der Waals surface area contributed by atoms with Gasteiger partial charge in [-0.15, -0.1) is 0 Å². The zero-order valence-electron chi connectivity index (χ0n) is 12.9. The number of ether oxygens (including phenoxy) is 1. The van der Waals surface area contributed by atoms with Crippen LogP contribution in [-0.4, -0.2) is 51.7 Å². The van der Waals surface area contributed by atoms with E-state index in [0.717, 1.165) is 25.5 Å². The summed E-state index contributed by atoms with van der Waals surface area (Å²) < 4.78 is 59.6. The van der Waals surface area contributed by atoms with Gasteiger partial charge in [-0.05, 0) is 37.9 Å². The summed E-state index contributed by atoms with van der Waals surface area (Å²) >= 11 is 0. The Morgan fingerprint density at radius 1 is 1.35 bits per heavy atom. The highest BCUT2D eigenvalue weighted by Gasteiger charge is 2.33. The van der Waals surface area contributed by atoms with Crippen LogP contribution >= 0.6 is 0 Å². The number of fused-ring (bicyclic) bond motifs is 1. The Balaban J connectivity index is 1.66. The van der Waals surface area contributed by atoms with Crippen molar-refractivity contribution >= 4 is 10.0 Å². The molecule has 2 saturated heterocycles. The highest BCUT2D eigenvalue weighted by Crippen LogP contribution is 2.23. The quantitative estimate of drug-likeness (QED) is 0.896. The molecule has 2 fully saturated rings. The number of hydrogen-bond donors (Lipinski definition) is 1. The van der Waals surface area contributed by atoms with Crippen molar-refractivity contribution in [2.75, 3.05) is 26.2 Å². The predicted octanol–water partition coefficient (Wildman–Crippen LogP) is 1.41. The van der Waals surface area contributed by atoms with Gasteiger partial charge in [-0.1, -0.05) is 0 Å². The van der Waals surface area contributed by atoms with Crippen molar-refractivity contribution < 1.29 is 21.9 Å². The SMILES string of the molecule is Cc1cc(S(=O)(=O)NC[C@H]2CN3CCC[C@H]3CO2)c(F)cc1F. The minimum Gasteiger partial charge on any atom is -0.374 e. The summed E-state index contributed by atoms with van der Waals surface area (Å²) in [6.45, 7) is 3.73. The molecule has 2 atom stereocenters. The highest BCUT2D eigenvalue weighted by molar-refractivity contribution is 7.89. The van der Waals surface area contributed by atoms with Crippen molar-refractivity contribution in [2.45, 2.75) is 36.8 Å². The Morgan fingerprint density at radius 3 is 2.91 bits per heavy atom. The lowest BCUT2D eigenvalue weighted by Gasteiger charge is -2.35. The third-order valence-electron chi connectivity index (χ3n) is 4.47. The van der Waals surface area contributed by atoms with Crippen molar-refractivity contribution in [1.29, 1.82) is 0 Å². The van der Waals surface area contributed by atoms with Crippen LogP contribution in [0, 0.1) is 18.6 Å². The van der Waals surface area contributed by atoms with E-state index < -0.39 is 26.6 Å². The number of morpholine rings is 1. The summed E-state index contributed by atoms with van der Waals surface area (Å²) in [5.41, 5.74) is 0.0839. The zero-order valence-corrected chi connectivity index (χ0v) is 13.7. The number of halogens is 2. The van der Waals surface area contributed by atoms with Crippen LogP contribution in [0.5, 0.6) is 0 Å². The highest BCUT2D eigenvalue weighted by atomic mass is 32.2. The van der Waals surface area contributed by atoms with E-state index in [9.17, 15) is 17.2 Å². The maximum Gasteiger partial charge on any atom is 0.243 e. The van der Waals surface area contributed by atoms with E-state index in [2.05, 4.69) is 9.62 Å². The molecule has 0 spiro atoms. The number of benzene rings is 1. The number of hydrogen-bond acceptors (Lipinski definition) is 4. The minimum atomic E-state index is -4.04. The van der Waals surface area contributed by atoms with Gasteiger partial charge in [-0.25, -0.2) is 21.9 Å². The number of aryl methyl sites for hydroxylation is 1. The van der Waals surface area contributed by atoms with Crippen LogP contribution < -0.4 is 4.72 Å². The van der Waals surface area contributed by atoms with Crippen molar-refractivity contribution in [1.82, 2.24) is 9.62 Å². The second kappa shape index (κ2) is 6.43. The average molecular weight is 346 g/mol. The molecule has 2 heterocycles. The average Bonchev–Trinajstić information content (AvgIpc) is 2.96. The third-order valence-corrected chi connectivity index (χ3v) is 5.90. The number of nitrogens with one attached hydrogen (secondary N) is 1. The van der Waals surface area contributed by atoms with Gasteiger partial charge in [0.25, 0.3) is 0 Å². The monoisotopic (exact) mass is 346 g/mol. The van der Waals surface area contributed by atoms with E-state index in [1.807, 2.05) is 0 Å². The van der Waals surface area contributed by atoms with Crippen LogP contribution in [0.15, 0.2) is 17.0 Å². The minimum absolute atomic E-state index is 0.0709. The fourth-order valence-corrected chi connectivity index (χ4v) is 4.33. The molecule has 3 rings (SSSR count). The van der Waals surface area contributed by atoms with Crippen molar-refractivity contribution in [3.63, 3.8) is 0 Å². The molecule has 2 aliphatic rings. The number of rotatable bonds is 4. The molecule has 1 N–H and O–H groups in total. The van der Waals surface area contributed by atoms with E-state index >= 15 is 0 Å². The second-order valence-corrected chi connectivity index (χ2v) is 7.87. The molecular formula is C15H20F2N2O3S. The number of sulfonamides is 1. The first kappa shape index (κ1) is 16.8. The molecule has 8 heteroatoms. The van der Waals surface area contributed by atoms with Gasteiger partial charge in [0.05, 0.1) is 12.7 Å². The normalized spacial score (nSPS) is 25.5. The summed E-state index contributed by atoms with van der Waals surface area (Å²) in [6.07, 6.45) is 1.98. The summed E-state index contributed by atoms with van der Waals surface area (Å²) in [6, 6.07) is 2.03. The Bertz CT molecular complexity index is 696. The maximum atomic E-state index is 13.8. The van der Waals surface area contributed by atoms with Crippen LogP contribution in [0.4, 0.5) is 8.78 Å². The van der Waals surface area contributed by atoms with Crippen LogP contribution in [0.1, 0.15) is 18.4 Å². The van der Waals surface area contributed by atoms with Crippen molar-refractivity contribution in [3.05, 3.63) is 29.3 Å². The molecule has 5 nitrogen and oxygen atoms in total. The molecule has 1 aromatic rings. The molecule has 0 aliphatic carbocycles. The maximum absolute atomic E-state index is 13.8. The summed E-state index contributed by atoms with van der Waals surface area (Å²) in [7, 11) is -4.04. The van der Waals surface area contributed by atoms with Crippen molar-refractivity contribution in [2.24, 2.45) is 0 Å². The van der Waals surface area contributed by atoms with Crippen LogP contribution in [0.3, 0.4) is 0 Å². The van der Waals surface area contributed by atoms with Crippen LogP contribution in [-0.2, 0) is 14.8 Å². The molecule has 2 aliphatic heterocycles. The van der Waals surface area contributed by atoms with E-state index in [1.165, 1.54) is 6.92 Å². The molecule has 0 amide bonds. The van der Waals surface area contributed by atoms with E-state index in [1.54, 1.807) is 0 Å². The van der Waals surface area contributed by atoms with Gasteiger partial charge in [0.2, 0.25) is 10.0 Å². The molecular weight excluding hydrogens is 326 g/mol. The molecule has 0 bridgehead atoms. The number of nitrogens with zero attached hydrogens (tertiary/aromatic N) is 1. The fraction of sp³-hybridized carbons (Fsp3) is 0.600. The molecule has 0 aromatic heterocycles. The summed E-state index contributed by atoms with van der Waals surface area (Å²) in [4.78, 5) is 1.76. The first-order valence-electron chi connectivity index (χ1n) is 7.68. The van der Waals surface area contributed by atoms with Crippen molar-refractivity contribution in [3.8, 4) is 0 Å². The smallest absolute Gasteiger partial charge is 0.243 e. The summed E-state index contributed by atoms with van der Waals surface area (Å²) in [5.74, 6) is -1.86. The van der Waals surface area contributed by atoms with Gasteiger partial charge in [0.1, 0.15) is 16.5 Å². The van der Waals surface area contributed by atoms with Gasteiger partial charge in [0, 0.05) is 25.2 Å². The molecule has 23 heavy (non-hydrogen) atoms. The lowest BCUT2D eigenvalue weighted by Crippen LogP contribution is -2.50. The first-order chi connectivity index (χ1) is 10.9. The second-order valence-electron chi connectivity index (χ2n) is 6.13. The third kappa shape index (κ3) is 3.55. The van der Waals surface area contributed by atoms with Crippen LogP contribution in [0.2, 0.25) is 0 Å². The Hall–Kier alpha value is -1.09. The molecule has 0 saturated carbocycles. The Kier molecular flexibility index (Phi) is 4.68. The van der Waals surface area contributed by atoms with Crippen LogP contribution in [0.25, 0.3) is 0 Å². The Labute approximate surface area is 134 Å². The standard InChI is InChI=1S/C15H20F2N2O3S/c1-10-5-15(14(17)6-13(10)16)23(20,21)18-7-12-8-19-4-2-3-11(19)9-22-12/h5-6,11-12,18H,2-4,7-9H2,1H3/t11-,12-/m0/s1. The van der Waals surface area contributed by atoms with Gasteiger partial charge in [-0.2, -0.15) is 0 Å². The molecule has 0 unspecified atom stereocenters. The summed E-state index contributed by atoms with van der Waals surface area (Å²) in [5, 5.41) is 0. The fourth-order valence-electron chi connectivity index (χ4n) is 3.13. The van der Waals surface area contributed by atoms with Gasteiger partial charge >= 0.3 is 0 Å². The lowest BCUT2D eigenvalue weighted by molar-refractivity contribution is -0.0449. The van der Waals surface area contributed by atoms with E-state index in [4.69, 9.17) is 4.74 Å². The predicted molar refractivity (Wildman–Crippen MR) is 80.6 cm³/mol.